The van der Waals surface area contributed by atoms with E-state index in [1.165, 1.54) is 6.26 Å². The molecule has 1 saturated heterocycles. The molecule has 0 aromatic rings. The van der Waals surface area contributed by atoms with E-state index in [0.29, 0.717) is 25.2 Å². The van der Waals surface area contributed by atoms with E-state index in [1.54, 1.807) is 4.31 Å². The minimum atomic E-state index is -2.99. The smallest absolute Gasteiger partial charge is 0.211 e. The Labute approximate surface area is 110 Å². The first-order valence-electron chi connectivity index (χ1n) is 6.22. The first-order chi connectivity index (χ1) is 7.93. The van der Waals surface area contributed by atoms with Crippen molar-refractivity contribution < 1.29 is 8.42 Å². The van der Waals surface area contributed by atoms with E-state index >= 15 is 0 Å². The van der Waals surface area contributed by atoms with Gasteiger partial charge in [-0.3, -0.25) is 0 Å². The number of hydrogen-bond acceptors (Lipinski definition) is 4. The second-order valence-corrected chi connectivity index (χ2v) is 7.96. The van der Waals surface area contributed by atoms with Crippen LogP contribution in [0.2, 0.25) is 0 Å². The molecule has 6 heteroatoms. The fraction of sp³-hybridized carbons (Fsp3) is 1.00. The largest absolute Gasteiger partial charge is 0.311 e. The van der Waals surface area contributed by atoms with Gasteiger partial charge in [0.05, 0.1) is 6.26 Å². The zero-order valence-corrected chi connectivity index (χ0v) is 12.6. The van der Waals surface area contributed by atoms with Crippen molar-refractivity contribution in [1.29, 1.82) is 0 Å². The number of rotatable bonds is 6. The summed E-state index contributed by atoms with van der Waals surface area (Å²) >= 11 is 1.94. The van der Waals surface area contributed by atoms with Crippen LogP contribution in [-0.4, -0.2) is 55.7 Å². The van der Waals surface area contributed by atoms with Crippen molar-refractivity contribution in [1.82, 2.24) is 9.62 Å². The minimum Gasteiger partial charge on any atom is -0.311 e. The third kappa shape index (κ3) is 5.59. The molecular formula is C11H24N2O2S2. The summed E-state index contributed by atoms with van der Waals surface area (Å²) in [6.07, 6.45) is 3.14. The van der Waals surface area contributed by atoms with Gasteiger partial charge in [-0.25, -0.2) is 12.7 Å². The molecule has 1 unspecified atom stereocenters. The Morgan fingerprint density at radius 2 is 2.00 bits per heavy atom. The molecule has 0 aromatic heterocycles. The highest BCUT2D eigenvalue weighted by Crippen LogP contribution is 2.14. The maximum absolute atomic E-state index is 11.4. The normalized spacial score (nSPS) is 21.6. The number of hydrogen-bond donors (Lipinski definition) is 1. The molecule has 0 bridgehead atoms. The van der Waals surface area contributed by atoms with E-state index in [9.17, 15) is 8.42 Å². The van der Waals surface area contributed by atoms with E-state index in [1.807, 2.05) is 11.8 Å². The van der Waals surface area contributed by atoms with Crippen molar-refractivity contribution in [2.24, 2.45) is 0 Å². The molecule has 1 aliphatic rings. The second-order valence-electron chi connectivity index (χ2n) is 4.66. The molecule has 0 aromatic carbocycles. The molecule has 4 nitrogen and oxygen atoms in total. The van der Waals surface area contributed by atoms with Gasteiger partial charge >= 0.3 is 0 Å². The lowest BCUT2D eigenvalue weighted by molar-refractivity contribution is 0.282. The zero-order chi connectivity index (χ0) is 12.9. The Morgan fingerprint density at radius 1 is 1.41 bits per heavy atom. The molecule has 17 heavy (non-hydrogen) atoms. The summed E-state index contributed by atoms with van der Waals surface area (Å²) in [7, 11) is -2.99. The van der Waals surface area contributed by atoms with Crippen LogP contribution in [0.5, 0.6) is 0 Å². The maximum atomic E-state index is 11.4. The minimum absolute atomic E-state index is 0.473. The Kier molecular flexibility index (Phi) is 6.26. The van der Waals surface area contributed by atoms with Gasteiger partial charge in [-0.1, -0.05) is 6.92 Å². The van der Waals surface area contributed by atoms with Crippen molar-refractivity contribution >= 4 is 21.8 Å². The number of thioether (sulfide) groups is 1. The van der Waals surface area contributed by atoms with Crippen LogP contribution in [0.1, 0.15) is 26.7 Å². The van der Waals surface area contributed by atoms with Gasteiger partial charge in [0.2, 0.25) is 10.0 Å². The third-order valence-corrected chi connectivity index (χ3v) is 5.46. The Morgan fingerprint density at radius 3 is 2.47 bits per heavy atom. The molecule has 1 heterocycles. The molecule has 0 amide bonds. The van der Waals surface area contributed by atoms with E-state index in [2.05, 4.69) is 19.2 Å². The van der Waals surface area contributed by atoms with Crippen molar-refractivity contribution in [3.63, 3.8) is 0 Å². The fourth-order valence-corrected chi connectivity index (χ4v) is 3.66. The molecule has 0 saturated carbocycles. The number of nitrogens with zero attached hydrogens (tertiary/aromatic N) is 1. The highest BCUT2D eigenvalue weighted by Gasteiger charge is 2.25. The van der Waals surface area contributed by atoms with Crippen molar-refractivity contribution in [3.8, 4) is 0 Å². The zero-order valence-electron chi connectivity index (χ0n) is 11.0. The molecule has 1 atom stereocenters. The van der Waals surface area contributed by atoms with Gasteiger partial charge in [0, 0.05) is 30.9 Å². The van der Waals surface area contributed by atoms with Crippen LogP contribution < -0.4 is 5.32 Å². The Hall–Kier alpha value is 0.220. The summed E-state index contributed by atoms with van der Waals surface area (Å²) < 4.78 is 24.3. The molecular weight excluding hydrogens is 256 g/mol. The van der Waals surface area contributed by atoms with Gasteiger partial charge in [0.25, 0.3) is 0 Å². The van der Waals surface area contributed by atoms with Gasteiger partial charge in [-0.15, -0.1) is 0 Å². The molecule has 1 fully saturated rings. The van der Waals surface area contributed by atoms with Crippen LogP contribution in [0.3, 0.4) is 0 Å². The summed E-state index contributed by atoms with van der Waals surface area (Å²) in [4.78, 5) is 0. The van der Waals surface area contributed by atoms with E-state index in [4.69, 9.17) is 0 Å². The maximum Gasteiger partial charge on any atom is 0.211 e. The lowest BCUT2D eigenvalue weighted by Crippen LogP contribution is -2.47. The van der Waals surface area contributed by atoms with Gasteiger partial charge in [-0.2, -0.15) is 11.8 Å². The van der Waals surface area contributed by atoms with Crippen molar-refractivity contribution in [3.05, 3.63) is 0 Å². The van der Waals surface area contributed by atoms with Crippen LogP contribution in [0.15, 0.2) is 0 Å². The number of sulfonamides is 1. The third-order valence-electron chi connectivity index (χ3n) is 3.02. The molecule has 0 radical (unpaired) electrons. The standard InChI is InChI=1S/C11H24N2O2S2/c1-4-16-9-10(2)12-11-5-7-13(8-6-11)17(3,14)15/h10-12H,4-9H2,1-3H3. The number of piperidine rings is 1. The second kappa shape index (κ2) is 6.97. The van der Waals surface area contributed by atoms with E-state index < -0.39 is 10.0 Å². The van der Waals surface area contributed by atoms with Crippen LogP contribution >= 0.6 is 11.8 Å². The quantitative estimate of drug-likeness (QED) is 0.793. The lowest BCUT2D eigenvalue weighted by Gasteiger charge is -2.32. The van der Waals surface area contributed by atoms with E-state index in [0.717, 1.165) is 24.3 Å². The predicted molar refractivity (Wildman–Crippen MR) is 75.0 cm³/mol. The van der Waals surface area contributed by atoms with Crippen molar-refractivity contribution in [2.45, 2.75) is 38.8 Å². The molecule has 0 aliphatic carbocycles. The summed E-state index contributed by atoms with van der Waals surface area (Å²) in [6, 6.07) is 0.982. The van der Waals surface area contributed by atoms with Crippen LogP contribution in [-0.2, 0) is 10.0 Å². The first-order valence-corrected chi connectivity index (χ1v) is 9.22. The average Bonchev–Trinajstić information content (AvgIpc) is 2.26. The summed E-state index contributed by atoms with van der Waals surface area (Å²) in [5.74, 6) is 2.28. The van der Waals surface area contributed by atoms with Crippen LogP contribution in [0.4, 0.5) is 0 Å². The summed E-state index contributed by atoms with van der Waals surface area (Å²) in [6.45, 7) is 5.68. The molecule has 1 aliphatic heterocycles. The number of nitrogens with one attached hydrogen (secondary N) is 1. The van der Waals surface area contributed by atoms with Gasteiger partial charge in [0.1, 0.15) is 0 Å². The highest BCUT2D eigenvalue weighted by molar-refractivity contribution is 7.99. The highest BCUT2D eigenvalue weighted by atomic mass is 32.2. The topological polar surface area (TPSA) is 49.4 Å². The average molecular weight is 280 g/mol. The lowest BCUT2D eigenvalue weighted by atomic mass is 10.1. The van der Waals surface area contributed by atoms with Crippen molar-refractivity contribution in [2.75, 3.05) is 30.9 Å². The predicted octanol–water partition coefficient (Wildman–Crippen LogP) is 1.14. The molecule has 0 spiro atoms. The van der Waals surface area contributed by atoms with Crippen LogP contribution in [0, 0.1) is 0 Å². The van der Waals surface area contributed by atoms with Gasteiger partial charge in [0.15, 0.2) is 0 Å². The molecule has 1 rings (SSSR count). The SMILES string of the molecule is CCSCC(C)NC1CCN(S(C)(=O)=O)CC1. The first kappa shape index (κ1) is 15.3. The van der Waals surface area contributed by atoms with Gasteiger partial charge in [-0.05, 0) is 25.5 Å². The fourth-order valence-electron chi connectivity index (χ4n) is 2.10. The Bertz CT molecular complexity index is 311. The van der Waals surface area contributed by atoms with E-state index in [-0.39, 0.29) is 0 Å². The molecule has 1 N–H and O–H groups in total. The monoisotopic (exact) mass is 280 g/mol. The van der Waals surface area contributed by atoms with Crippen LogP contribution in [0.25, 0.3) is 0 Å². The molecule has 102 valence electrons. The van der Waals surface area contributed by atoms with Gasteiger partial charge < -0.3 is 5.32 Å². The Balaban J connectivity index is 2.28. The summed E-state index contributed by atoms with van der Waals surface area (Å²) in [5, 5.41) is 3.58. The summed E-state index contributed by atoms with van der Waals surface area (Å²) in [5.41, 5.74) is 0.